The van der Waals surface area contributed by atoms with Gasteiger partial charge in [0.2, 0.25) is 11.8 Å². The van der Waals surface area contributed by atoms with Crippen molar-refractivity contribution in [2.75, 3.05) is 52.4 Å². The minimum Gasteiger partial charge on any atom is -0.348 e. The van der Waals surface area contributed by atoms with Crippen molar-refractivity contribution in [2.24, 2.45) is 17.8 Å². The Bertz CT molecular complexity index is 752. The normalized spacial score (nSPS) is 23.9. The maximum Gasteiger partial charge on any atom is 0.236 e. The van der Waals surface area contributed by atoms with Crippen LogP contribution in [0.4, 0.5) is 4.39 Å². The maximum absolute atomic E-state index is 13.3. The molecular formula is C25H39FN4O2. The topological polar surface area (TPSA) is 55.9 Å². The molecule has 3 rings (SSSR count). The van der Waals surface area contributed by atoms with Crippen LogP contribution in [-0.4, -0.2) is 78.9 Å². The van der Waals surface area contributed by atoms with Gasteiger partial charge in [0, 0.05) is 39.3 Å². The number of piperidine rings is 1. The van der Waals surface area contributed by atoms with Crippen LogP contribution in [0.1, 0.15) is 45.7 Å². The standard InChI is InChI=1S/C25H39FN4O2/c1-18(2)25(21-5-7-22(26)8-6-21)27-23(31)16-28-9-11-29(12-10-28)17-24(32)30-14-19(3)13-20(4)15-30/h5-8,18-20,25H,9-17H2,1-4H3,(H,27,31)/t19-,20-,25-/m1/s1. The molecule has 1 N–H and O–H groups in total. The number of carbonyl (C=O) groups is 2. The first kappa shape index (κ1) is 24.6. The van der Waals surface area contributed by atoms with Gasteiger partial charge in [-0.3, -0.25) is 19.4 Å². The van der Waals surface area contributed by atoms with Gasteiger partial charge < -0.3 is 10.2 Å². The van der Waals surface area contributed by atoms with Crippen molar-refractivity contribution in [1.29, 1.82) is 0 Å². The third-order valence-corrected chi connectivity index (χ3v) is 6.62. The molecular weight excluding hydrogens is 407 g/mol. The summed E-state index contributed by atoms with van der Waals surface area (Å²) in [5.41, 5.74) is 0.916. The van der Waals surface area contributed by atoms with E-state index in [1.165, 1.54) is 18.6 Å². The van der Waals surface area contributed by atoms with E-state index in [0.29, 0.717) is 24.9 Å². The Kier molecular flexibility index (Phi) is 8.65. The number of rotatable bonds is 7. The Morgan fingerprint density at radius 2 is 1.50 bits per heavy atom. The van der Waals surface area contributed by atoms with E-state index in [4.69, 9.17) is 0 Å². The Balaban J connectivity index is 1.43. The van der Waals surface area contributed by atoms with E-state index >= 15 is 0 Å². The number of likely N-dealkylation sites (tertiary alicyclic amines) is 1. The third-order valence-electron chi connectivity index (χ3n) is 6.62. The van der Waals surface area contributed by atoms with Gasteiger partial charge in [-0.1, -0.05) is 39.8 Å². The molecule has 0 aromatic heterocycles. The highest BCUT2D eigenvalue weighted by Gasteiger charge is 2.28. The summed E-state index contributed by atoms with van der Waals surface area (Å²) in [4.78, 5) is 31.8. The fourth-order valence-corrected chi connectivity index (χ4v) is 4.99. The van der Waals surface area contributed by atoms with Crippen molar-refractivity contribution < 1.29 is 14.0 Å². The molecule has 2 amide bonds. The molecule has 3 atom stereocenters. The Morgan fingerprint density at radius 1 is 0.969 bits per heavy atom. The predicted octanol–water partition coefficient (Wildman–Crippen LogP) is 2.76. The van der Waals surface area contributed by atoms with Crippen molar-refractivity contribution in [1.82, 2.24) is 20.0 Å². The van der Waals surface area contributed by atoms with Gasteiger partial charge in [-0.15, -0.1) is 0 Å². The third kappa shape index (κ3) is 7.01. The number of nitrogens with one attached hydrogen (secondary N) is 1. The number of piperazine rings is 1. The smallest absolute Gasteiger partial charge is 0.236 e. The molecule has 0 saturated carbocycles. The van der Waals surface area contributed by atoms with E-state index < -0.39 is 0 Å². The fraction of sp³-hybridized carbons (Fsp3) is 0.680. The van der Waals surface area contributed by atoms with E-state index in [2.05, 4.69) is 29.0 Å². The second kappa shape index (κ2) is 11.2. The lowest BCUT2D eigenvalue weighted by Crippen LogP contribution is -2.53. The Morgan fingerprint density at radius 3 is 2.03 bits per heavy atom. The Hall–Kier alpha value is -1.99. The largest absolute Gasteiger partial charge is 0.348 e. The van der Waals surface area contributed by atoms with Crippen molar-refractivity contribution >= 4 is 11.8 Å². The number of benzene rings is 1. The first-order valence-corrected chi connectivity index (χ1v) is 12.0. The molecule has 0 aliphatic carbocycles. The number of hydrogen-bond acceptors (Lipinski definition) is 4. The summed E-state index contributed by atoms with van der Waals surface area (Å²) in [5, 5.41) is 3.12. The summed E-state index contributed by atoms with van der Waals surface area (Å²) >= 11 is 0. The van der Waals surface area contributed by atoms with Crippen LogP contribution in [0.15, 0.2) is 24.3 Å². The van der Waals surface area contributed by atoms with E-state index in [-0.39, 0.29) is 29.6 Å². The summed E-state index contributed by atoms with van der Waals surface area (Å²) in [6.45, 7) is 14.2. The lowest BCUT2D eigenvalue weighted by molar-refractivity contribution is -0.136. The summed E-state index contributed by atoms with van der Waals surface area (Å²) in [5.74, 6) is 1.28. The highest BCUT2D eigenvalue weighted by atomic mass is 19.1. The maximum atomic E-state index is 13.3. The monoisotopic (exact) mass is 446 g/mol. The van der Waals surface area contributed by atoms with Crippen LogP contribution in [-0.2, 0) is 9.59 Å². The molecule has 2 saturated heterocycles. The zero-order valence-corrected chi connectivity index (χ0v) is 20.0. The molecule has 0 bridgehead atoms. The lowest BCUT2D eigenvalue weighted by Gasteiger charge is -2.38. The van der Waals surface area contributed by atoms with Crippen molar-refractivity contribution in [3.63, 3.8) is 0 Å². The quantitative estimate of drug-likeness (QED) is 0.700. The first-order chi connectivity index (χ1) is 15.2. The van der Waals surface area contributed by atoms with Crippen LogP contribution in [0, 0.1) is 23.6 Å². The SMILES string of the molecule is CC(C)[C@@H](NC(=O)CN1CCN(CC(=O)N2C[C@H](C)C[C@@H](C)C2)CC1)c1ccc(F)cc1. The van der Waals surface area contributed by atoms with Crippen molar-refractivity contribution in [3.8, 4) is 0 Å². The van der Waals surface area contributed by atoms with Crippen molar-refractivity contribution in [3.05, 3.63) is 35.6 Å². The van der Waals surface area contributed by atoms with Gasteiger partial charge in [-0.25, -0.2) is 4.39 Å². The van der Waals surface area contributed by atoms with Crippen LogP contribution in [0.2, 0.25) is 0 Å². The van der Waals surface area contributed by atoms with Crippen LogP contribution >= 0.6 is 0 Å². The molecule has 178 valence electrons. The van der Waals surface area contributed by atoms with Gasteiger partial charge in [0.05, 0.1) is 19.1 Å². The number of amides is 2. The Labute approximate surface area is 192 Å². The summed E-state index contributed by atoms with van der Waals surface area (Å²) in [7, 11) is 0. The van der Waals surface area contributed by atoms with Gasteiger partial charge in [-0.05, 0) is 41.9 Å². The number of nitrogens with zero attached hydrogens (tertiary/aromatic N) is 3. The molecule has 6 nitrogen and oxygen atoms in total. The van der Waals surface area contributed by atoms with E-state index in [0.717, 1.165) is 44.8 Å². The molecule has 2 fully saturated rings. The fourth-order valence-electron chi connectivity index (χ4n) is 4.99. The molecule has 1 aromatic rings. The van der Waals surface area contributed by atoms with E-state index in [1.54, 1.807) is 12.1 Å². The molecule has 32 heavy (non-hydrogen) atoms. The van der Waals surface area contributed by atoms with E-state index in [1.807, 2.05) is 18.7 Å². The zero-order chi connectivity index (χ0) is 23.3. The average molecular weight is 447 g/mol. The summed E-state index contributed by atoms with van der Waals surface area (Å²) in [6.07, 6.45) is 1.20. The first-order valence-electron chi connectivity index (χ1n) is 12.0. The molecule has 0 radical (unpaired) electrons. The highest BCUT2D eigenvalue weighted by molar-refractivity contribution is 5.79. The second-order valence-electron chi connectivity index (χ2n) is 10.1. The predicted molar refractivity (Wildman–Crippen MR) is 125 cm³/mol. The summed E-state index contributed by atoms with van der Waals surface area (Å²) < 4.78 is 13.3. The van der Waals surface area contributed by atoms with Gasteiger partial charge in [0.1, 0.15) is 5.82 Å². The molecule has 2 aliphatic heterocycles. The van der Waals surface area contributed by atoms with Gasteiger partial charge >= 0.3 is 0 Å². The van der Waals surface area contributed by atoms with Crippen LogP contribution in [0.25, 0.3) is 0 Å². The average Bonchev–Trinajstić information content (AvgIpc) is 2.73. The van der Waals surface area contributed by atoms with Gasteiger partial charge in [0.25, 0.3) is 0 Å². The van der Waals surface area contributed by atoms with Crippen molar-refractivity contribution in [2.45, 2.75) is 40.2 Å². The summed E-state index contributed by atoms with van der Waals surface area (Å²) in [6, 6.07) is 6.20. The lowest BCUT2D eigenvalue weighted by atomic mass is 9.92. The second-order valence-corrected chi connectivity index (χ2v) is 10.1. The van der Waals surface area contributed by atoms with E-state index in [9.17, 15) is 14.0 Å². The zero-order valence-electron chi connectivity index (χ0n) is 20.0. The molecule has 0 unspecified atom stereocenters. The number of halogens is 1. The molecule has 0 spiro atoms. The number of carbonyl (C=O) groups excluding carboxylic acids is 2. The highest BCUT2D eigenvalue weighted by Crippen LogP contribution is 2.22. The van der Waals surface area contributed by atoms with Crippen LogP contribution in [0.3, 0.4) is 0 Å². The molecule has 1 aromatic carbocycles. The van der Waals surface area contributed by atoms with Gasteiger partial charge in [-0.2, -0.15) is 0 Å². The van der Waals surface area contributed by atoms with Crippen LogP contribution in [0.5, 0.6) is 0 Å². The van der Waals surface area contributed by atoms with Gasteiger partial charge in [0.15, 0.2) is 0 Å². The molecule has 7 heteroatoms. The minimum absolute atomic E-state index is 0.0196. The number of hydrogen-bond donors (Lipinski definition) is 1. The molecule has 2 aliphatic rings. The van der Waals surface area contributed by atoms with Crippen LogP contribution < -0.4 is 5.32 Å². The molecule has 2 heterocycles. The minimum atomic E-state index is -0.275.